The van der Waals surface area contributed by atoms with Crippen LogP contribution in [0.2, 0.25) is 0 Å². The minimum absolute atomic E-state index is 0.0145. The Morgan fingerprint density at radius 1 is 1.40 bits per heavy atom. The minimum atomic E-state index is -0.273. The Labute approximate surface area is 127 Å². The number of amides is 1. The van der Waals surface area contributed by atoms with E-state index in [-0.39, 0.29) is 17.8 Å². The van der Waals surface area contributed by atoms with Gasteiger partial charge in [0.2, 0.25) is 5.91 Å². The molecule has 1 aromatic carbocycles. The highest BCUT2D eigenvalue weighted by Gasteiger charge is 2.17. The largest absolute Gasteiger partial charge is 0.342 e. The van der Waals surface area contributed by atoms with E-state index in [4.69, 9.17) is 0 Å². The third kappa shape index (κ3) is 4.03. The quantitative estimate of drug-likeness (QED) is 0.910. The lowest BCUT2D eigenvalue weighted by Crippen LogP contribution is -2.41. The second-order valence-electron chi connectivity index (χ2n) is 5.22. The molecule has 1 aromatic rings. The Balaban J connectivity index is 1.86. The van der Waals surface area contributed by atoms with E-state index >= 15 is 0 Å². The van der Waals surface area contributed by atoms with E-state index in [1.54, 1.807) is 12.1 Å². The van der Waals surface area contributed by atoms with Gasteiger partial charge in [-0.15, -0.1) is 0 Å². The lowest BCUT2D eigenvalue weighted by Gasteiger charge is -2.27. The molecule has 1 N–H and O–H groups in total. The predicted molar refractivity (Wildman–Crippen MR) is 80.9 cm³/mol. The van der Waals surface area contributed by atoms with Gasteiger partial charge >= 0.3 is 0 Å². The van der Waals surface area contributed by atoms with Crippen molar-refractivity contribution in [3.8, 4) is 0 Å². The summed E-state index contributed by atoms with van der Waals surface area (Å²) in [5.74, 6) is -0.122. The van der Waals surface area contributed by atoms with Gasteiger partial charge < -0.3 is 10.2 Å². The molecule has 1 unspecified atom stereocenters. The molecule has 0 bridgehead atoms. The molecule has 2 rings (SSSR count). The van der Waals surface area contributed by atoms with Gasteiger partial charge in [-0.3, -0.25) is 4.79 Å². The lowest BCUT2D eigenvalue weighted by atomic mass is 10.1. The number of halogens is 2. The third-order valence-electron chi connectivity index (χ3n) is 3.71. The van der Waals surface area contributed by atoms with E-state index < -0.39 is 0 Å². The number of benzene rings is 1. The van der Waals surface area contributed by atoms with Gasteiger partial charge in [0.1, 0.15) is 5.82 Å². The first-order valence-electron chi connectivity index (χ1n) is 7.04. The number of carbonyl (C=O) groups is 1. The summed E-state index contributed by atoms with van der Waals surface area (Å²) >= 11 is 3.18. The summed E-state index contributed by atoms with van der Waals surface area (Å²) in [5, 5.41) is 3.21. The first-order chi connectivity index (χ1) is 9.58. The molecule has 1 atom stereocenters. The van der Waals surface area contributed by atoms with Crippen molar-refractivity contribution in [3.05, 3.63) is 34.1 Å². The standard InChI is InChI=1S/C15H20BrFN2O/c1-11(12-5-6-14(17)13(16)9-12)18-10-15(20)19-7-3-2-4-8-19/h5-6,9,11,18H,2-4,7-8,10H2,1H3. The summed E-state index contributed by atoms with van der Waals surface area (Å²) in [5.41, 5.74) is 0.963. The van der Waals surface area contributed by atoms with E-state index in [1.807, 2.05) is 11.8 Å². The van der Waals surface area contributed by atoms with Crippen molar-refractivity contribution in [2.24, 2.45) is 0 Å². The van der Waals surface area contributed by atoms with Crippen LogP contribution in [0.25, 0.3) is 0 Å². The Morgan fingerprint density at radius 2 is 2.10 bits per heavy atom. The van der Waals surface area contributed by atoms with Crippen molar-refractivity contribution < 1.29 is 9.18 Å². The van der Waals surface area contributed by atoms with Crippen LogP contribution in [-0.4, -0.2) is 30.4 Å². The minimum Gasteiger partial charge on any atom is -0.342 e. The highest BCUT2D eigenvalue weighted by molar-refractivity contribution is 9.10. The van der Waals surface area contributed by atoms with Gasteiger partial charge in [-0.2, -0.15) is 0 Å². The maximum atomic E-state index is 13.2. The van der Waals surface area contributed by atoms with Crippen LogP contribution >= 0.6 is 15.9 Å². The second kappa shape index (κ2) is 7.18. The zero-order valence-corrected chi connectivity index (χ0v) is 13.2. The molecule has 20 heavy (non-hydrogen) atoms. The number of piperidine rings is 1. The highest BCUT2D eigenvalue weighted by atomic mass is 79.9. The molecule has 0 spiro atoms. The molecular formula is C15H20BrFN2O. The van der Waals surface area contributed by atoms with Crippen molar-refractivity contribution in [1.82, 2.24) is 10.2 Å². The molecule has 5 heteroatoms. The molecule has 0 aromatic heterocycles. The monoisotopic (exact) mass is 342 g/mol. The fraction of sp³-hybridized carbons (Fsp3) is 0.533. The topological polar surface area (TPSA) is 32.3 Å². The number of hydrogen-bond donors (Lipinski definition) is 1. The van der Waals surface area contributed by atoms with Crippen LogP contribution in [0.1, 0.15) is 37.8 Å². The van der Waals surface area contributed by atoms with Crippen molar-refractivity contribution in [3.63, 3.8) is 0 Å². The average molecular weight is 343 g/mol. The molecule has 3 nitrogen and oxygen atoms in total. The van der Waals surface area contributed by atoms with Gasteiger partial charge in [-0.1, -0.05) is 6.07 Å². The zero-order chi connectivity index (χ0) is 14.5. The van der Waals surface area contributed by atoms with Gasteiger partial charge in [0, 0.05) is 19.1 Å². The molecular weight excluding hydrogens is 323 g/mol. The molecule has 1 aliphatic heterocycles. The second-order valence-corrected chi connectivity index (χ2v) is 6.07. The summed E-state index contributed by atoms with van der Waals surface area (Å²) in [7, 11) is 0. The number of nitrogens with one attached hydrogen (secondary N) is 1. The number of carbonyl (C=O) groups excluding carboxylic acids is 1. The average Bonchev–Trinajstić information content (AvgIpc) is 2.48. The number of nitrogens with zero attached hydrogens (tertiary/aromatic N) is 1. The molecule has 1 amide bonds. The summed E-state index contributed by atoms with van der Waals surface area (Å²) in [4.78, 5) is 14.0. The first kappa shape index (κ1) is 15.4. The van der Waals surface area contributed by atoms with Gasteiger partial charge in [0.05, 0.1) is 11.0 Å². The molecule has 110 valence electrons. The van der Waals surface area contributed by atoms with E-state index in [0.29, 0.717) is 11.0 Å². The summed E-state index contributed by atoms with van der Waals surface area (Å²) in [6, 6.07) is 4.94. The Bertz CT molecular complexity index is 475. The van der Waals surface area contributed by atoms with E-state index in [2.05, 4.69) is 21.2 Å². The fourth-order valence-corrected chi connectivity index (χ4v) is 2.79. The number of rotatable bonds is 4. The SMILES string of the molecule is CC(NCC(=O)N1CCCCC1)c1ccc(F)c(Br)c1. The van der Waals surface area contributed by atoms with Crippen LogP contribution < -0.4 is 5.32 Å². The Morgan fingerprint density at radius 3 is 2.75 bits per heavy atom. The van der Waals surface area contributed by atoms with Gasteiger partial charge in [-0.05, 0) is 59.8 Å². The van der Waals surface area contributed by atoms with Crippen molar-refractivity contribution in [2.75, 3.05) is 19.6 Å². The van der Waals surface area contributed by atoms with Gasteiger partial charge in [-0.25, -0.2) is 4.39 Å². The van der Waals surface area contributed by atoms with Crippen LogP contribution in [0.4, 0.5) is 4.39 Å². The summed E-state index contributed by atoms with van der Waals surface area (Å²) in [6.45, 7) is 4.05. The first-order valence-corrected chi connectivity index (χ1v) is 7.83. The number of likely N-dealkylation sites (tertiary alicyclic amines) is 1. The van der Waals surface area contributed by atoms with Crippen LogP contribution in [0.3, 0.4) is 0 Å². The van der Waals surface area contributed by atoms with Crippen LogP contribution in [0, 0.1) is 5.82 Å². The van der Waals surface area contributed by atoms with Gasteiger partial charge in [0.15, 0.2) is 0 Å². The smallest absolute Gasteiger partial charge is 0.236 e. The summed E-state index contributed by atoms with van der Waals surface area (Å²) < 4.78 is 13.6. The van der Waals surface area contributed by atoms with Gasteiger partial charge in [0.25, 0.3) is 0 Å². The molecule has 0 radical (unpaired) electrons. The lowest BCUT2D eigenvalue weighted by molar-refractivity contribution is -0.131. The van der Waals surface area contributed by atoms with E-state index in [9.17, 15) is 9.18 Å². The Hall–Kier alpha value is -0.940. The predicted octanol–water partition coefficient (Wildman–Crippen LogP) is 3.25. The zero-order valence-electron chi connectivity index (χ0n) is 11.7. The van der Waals surface area contributed by atoms with Crippen molar-refractivity contribution >= 4 is 21.8 Å². The van der Waals surface area contributed by atoms with E-state index in [1.165, 1.54) is 12.5 Å². The fourth-order valence-electron chi connectivity index (χ4n) is 2.40. The van der Waals surface area contributed by atoms with Crippen LogP contribution in [0.15, 0.2) is 22.7 Å². The Kier molecular flexibility index (Phi) is 5.54. The molecule has 1 saturated heterocycles. The highest BCUT2D eigenvalue weighted by Crippen LogP contribution is 2.21. The van der Waals surface area contributed by atoms with E-state index in [0.717, 1.165) is 31.5 Å². The maximum Gasteiger partial charge on any atom is 0.236 e. The third-order valence-corrected chi connectivity index (χ3v) is 4.32. The normalized spacial score (nSPS) is 17.1. The van der Waals surface area contributed by atoms with Crippen LogP contribution in [0.5, 0.6) is 0 Å². The van der Waals surface area contributed by atoms with Crippen molar-refractivity contribution in [1.29, 1.82) is 0 Å². The molecule has 1 aliphatic rings. The molecule has 0 aliphatic carbocycles. The molecule has 1 heterocycles. The number of hydrogen-bond acceptors (Lipinski definition) is 2. The maximum absolute atomic E-state index is 13.2. The summed E-state index contributed by atoms with van der Waals surface area (Å²) in [6.07, 6.45) is 3.43. The molecule has 0 saturated carbocycles. The van der Waals surface area contributed by atoms with Crippen LogP contribution in [-0.2, 0) is 4.79 Å². The molecule has 1 fully saturated rings. The van der Waals surface area contributed by atoms with Crippen molar-refractivity contribution in [2.45, 2.75) is 32.2 Å².